The van der Waals surface area contributed by atoms with Crippen LogP contribution < -0.4 is 10.1 Å². The summed E-state index contributed by atoms with van der Waals surface area (Å²) in [4.78, 5) is 20.9. The van der Waals surface area contributed by atoms with Crippen LogP contribution in [-0.4, -0.2) is 38.9 Å². The number of anilines is 1. The lowest BCUT2D eigenvalue weighted by molar-refractivity contribution is -0.113. The van der Waals surface area contributed by atoms with Gasteiger partial charge in [-0.3, -0.25) is 9.89 Å². The van der Waals surface area contributed by atoms with E-state index in [2.05, 4.69) is 25.5 Å². The fourth-order valence-corrected chi connectivity index (χ4v) is 3.00. The molecule has 134 valence electrons. The molecular weight excluding hydrogens is 350 g/mol. The molecule has 2 aromatic heterocycles. The highest BCUT2D eigenvalue weighted by Gasteiger charge is 2.11. The van der Waals surface area contributed by atoms with Gasteiger partial charge in [0.15, 0.2) is 5.16 Å². The molecule has 8 heteroatoms. The minimum absolute atomic E-state index is 0.124. The number of carbonyl (C=O) groups is 1. The molecule has 0 aliphatic heterocycles. The van der Waals surface area contributed by atoms with Crippen LogP contribution in [0.2, 0.25) is 0 Å². The number of nitrogens with zero attached hydrogens (tertiary/aromatic N) is 3. The summed E-state index contributed by atoms with van der Waals surface area (Å²) in [5, 5.41) is 10.3. The molecule has 7 nitrogen and oxygen atoms in total. The Hall–Kier alpha value is -2.87. The number of ether oxygens (including phenoxy) is 1. The topological polar surface area (TPSA) is 92.8 Å². The highest BCUT2D eigenvalue weighted by Crippen LogP contribution is 2.23. The third-order valence-corrected chi connectivity index (χ3v) is 4.61. The van der Waals surface area contributed by atoms with Crippen LogP contribution in [0, 0.1) is 13.8 Å². The Kier molecular flexibility index (Phi) is 5.52. The maximum atomic E-state index is 12.2. The average molecular weight is 369 g/mol. The summed E-state index contributed by atoms with van der Waals surface area (Å²) in [5.74, 6) is 0.885. The van der Waals surface area contributed by atoms with Gasteiger partial charge in [-0.25, -0.2) is 9.97 Å². The summed E-state index contributed by atoms with van der Waals surface area (Å²) in [6, 6.07) is 9.48. The Bertz CT molecular complexity index is 889. The molecule has 26 heavy (non-hydrogen) atoms. The highest BCUT2D eigenvalue weighted by molar-refractivity contribution is 7.99. The van der Waals surface area contributed by atoms with E-state index >= 15 is 0 Å². The minimum atomic E-state index is -0.124. The van der Waals surface area contributed by atoms with Gasteiger partial charge in [-0.2, -0.15) is 5.10 Å². The first-order valence-electron chi connectivity index (χ1n) is 7.98. The first-order valence-corrected chi connectivity index (χ1v) is 8.97. The molecule has 1 amide bonds. The number of methoxy groups -OCH3 is 1. The van der Waals surface area contributed by atoms with Crippen molar-refractivity contribution >= 4 is 23.4 Å². The number of benzene rings is 1. The van der Waals surface area contributed by atoms with Gasteiger partial charge in [-0.05, 0) is 44.2 Å². The lowest BCUT2D eigenvalue weighted by Crippen LogP contribution is -2.15. The SMILES string of the molecule is COc1ccc(-c2ccnc(SCC(=O)Nc3c(C)n[nH]c3C)n2)cc1. The normalized spacial score (nSPS) is 10.6. The molecule has 0 aliphatic carbocycles. The van der Waals surface area contributed by atoms with E-state index in [0.717, 1.165) is 34.1 Å². The number of aryl methyl sites for hydroxylation is 2. The second kappa shape index (κ2) is 8.01. The predicted molar refractivity (Wildman–Crippen MR) is 101 cm³/mol. The second-order valence-electron chi connectivity index (χ2n) is 5.60. The van der Waals surface area contributed by atoms with Crippen molar-refractivity contribution in [3.63, 3.8) is 0 Å². The summed E-state index contributed by atoms with van der Waals surface area (Å²) < 4.78 is 5.17. The molecular formula is C18H19N5O2S. The number of aromatic amines is 1. The van der Waals surface area contributed by atoms with E-state index in [4.69, 9.17) is 4.74 Å². The third kappa shape index (κ3) is 4.20. The van der Waals surface area contributed by atoms with Gasteiger partial charge in [-0.15, -0.1) is 0 Å². The van der Waals surface area contributed by atoms with Crippen molar-refractivity contribution in [2.75, 3.05) is 18.2 Å². The molecule has 0 saturated heterocycles. The third-order valence-electron chi connectivity index (χ3n) is 3.74. The molecule has 0 bridgehead atoms. The molecule has 0 spiro atoms. The molecule has 0 unspecified atom stereocenters. The van der Waals surface area contributed by atoms with Gasteiger partial charge in [0.2, 0.25) is 5.91 Å². The Morgan fingerprint density at radius 3 is 2.65 bits per heavy atom. The fraction of sp³-hybridized carbons (Fsp3) is 0.222. The first kappa shape index (κ1) is 17.9. The minimum Gasteiger partial charge on any atom is -0.497 e. The number of carbonyl (C=O) groups excluding carboxylic acids is 1. The number of amides is 1. The van der Waals surface area contributed by atoms with E-state index in [-0.39, 0.29) is 11.7 Å². The summed E-state index contributed by atoms with van der Waals surface area (Å²) in [5.41, 5.74) is 4.08. The summed E-state index contributed by atoms with van der Waals surface area (Å²) in [6.07, 6.45) is 1.69. The largest absolute Gasteiger partial charge is 0.497 e. The van der Waals surface area contributed by atoms with Gasteiger partial charge >= 0.3 is 0 Å². The van der Waals surface area contributed by atoms with Crippen LogP contribution in [0.5, 0.6) is 5.75 Å². The van der Waals surface area contributed by atoms with Crippen molar-refractivity contribution in [2.24, 2.45) is 0 Å². The summed E-state index contributed by atoms with van der Waals surface area (Å²) in [6.45, 7) is 3.71. The van der Waals surface area contributed by atoms with Gasteiger partial charge in [0, 0.05) is 11.8 Å². The van der Waals surface area contributed by atoms with Crippen LogP contribution in [0.4, 0.5) is 5.69 Å². The van der Waals surface area contributed by atoms with Gasteiger partial charge in [0.05, 0.1) is 35.6 Å². The van der Waals surface area contributed by atoms with E-state index in [1.807, 2.05) is 44.2 Å². The van der Waals surface area contributed by atoms with E-state index in [9.17, 15) is 4.79 Å². The quantitative estimate of drug-likeness (QED) is 0.512. The number of H-pyrrole nitrogens is 1. The number of aromatic nitrogens is 4. The summed E-state index contributed by atoms with van der Waals surface area (Å²) >= 11 is 1.29. The van der Waals surface area contributed by atoms with E-state index < -0.39 is 0 Å². The smallest absolute Gasteiger partial charge is 0.234 e. The Morgan fingerprint density at radius 2 is 2.00 bits per heavy atom. The molecule has 0 fully saturated rings. The van der Waals surface area contributed by atoms with Crippen LogP contribution >= 0.6 is 11.8 Å². The number of hydrogen-bond acceptors (Lipinski definition) is 6. The molecule has 0 atom stereocenters. The highest BCUT2D eigenvalue weighted by atomic mass is 32.2. The Balaban J connectivity index is 1.64. The molecule has 3 aromatic rings. The second-order valence-corrected chi connectivity index (χ2v) is 6.54. The van der Waals surface area contributed by atoms with Crippen LogP contribution in [0.15, 0.2) is 41.7 Å². The fourth-order valence-electron chi connectivity index (χ4n) is 2.37. The van der Waals surface area contributed by atoms with Gasteiger partial charge in [0.25, 0.3) is 0 Å². The average Bonchev–Trinajstić information content (AvgIpc) is 2.98. The zero-order valence-corrected chi connectivity index (χ0v) is 15.6. The van der Waals surface area contributed by atoms with Crippen LogP contribution in [-0.2, 0) is 4.79 Å². The molecule has 0 aliphatic rings. The van der Waals surface area contributed by atoms with Crippen molar-refractivity contribution < 1.29 is 9.53 Å². The molecule has 0 saturated carbocycles. The zero-order valence-electron chi connectivity index (χ0n) is 14.7. The number of hydrogen-bond donors (Lipinski definition) is 2. The number of thioether (sulfide) groups is 1. The maximum absolute atomic E-state index is 12.2. The van der Waals surface area contributed by atoms with Gasteiger partial charge < -0.3 is 10.1 Å². The van der Waals surface area contributed by atoms with Gasteiger partial charge in [-0.1, -0.05) is 11.8 Å². The number of rotatable bonds is 6. The molecule has 2 heterocycles. The standard InChI is InChI=1S/C18H19N5O2S/c1-11-17(12(2)23-22-11)21-16(24)10-26-18-19-9-8-15(20-18)13-4-6-14(25-3)7-5-13/h4-9H,10H2,1-3H3,(H,21,24)(H,22,23). The van der Waals surface area contributed by atoms with Crippen molar-refractivity contribution in [3.05, 3.63) is 47.9 Å². The van der Waals surface area contributed by atoms with Crippen LogP contribution in [0.1, 0.15) is 11.4 Å². The monoisotopic (exact) mass is 369 g/mol. The van der Waals surface area contributed by atoms with Crippen molar-refractivity contribution in [1.82, 2.24) is 20.2 Å². The van der Waals surface area contributed by atoms with Crippen LogP contribution in [0.3, 0.4) is 0 Å². The first-order chi connectivity index (χ1) is 12.6. The molecule has 1 aromatic carbocycles. The van der Waals surface area contributed by atoms with Gasteiger partial charge in [0.1, 0.15) is 5.75 Å². The lowest BCUT2D eigenvalue weighted by atomic mass is 10.1. The zero-order chi connectivity index (χ0) is 18.5. The Labute approximate surface area is 155 Å². The van der Waals surface area contributed by atoms with E-state index in [1.54, 1.807) is 13.3 Å². The van der Waals surface area contributed by atoms with E-state index in [0.29, 0.717) is 5.16 Å². The molecule has 0 radical (unpaired) electrons. The van der Waals surface area contributed by atoms with Crippen molar-refractivity contribution in [1.29, 1.82) is 0 Å². The molecule has 2 N–H and O–H groups in total. The van der Waals surface area contributed by atoms with Crippen molar-refractivity contribution in [2.45, 2.75) is 19.0 Å². The summed E-state index contributed by atoms with van der Waals surface area (Å²) in [7, 11) is 1.63. The predicted octanol–water partition coefficient (Wildman–Crippen LogP) is 3.22. The van der Waals surface area contributed by atoms with E-state index in [1.165, 1.54) is 11.8 Å². The Morgan fingerprint density at radius 1 is 1.23 bits per heavy atom. The lowest BCUT2D eigenvalue weighted by Gasteiger charge is -2.06. The maximum Gasteiger partial charge on any atom is 0.234 e. The number of nitrogens with one attached hydrogen (secondary N) is 2. The van der Waals surface area contributed by atoms with Crippen LogP contribution in [0.25, 0.3) is 11.3 Å². The van der Waals surface area contributed by atoms with Crippen molar-refractivity contribution in [3.8, 4) is 17.0 Å². The molecule has 3 rings (SSSR count).